The average Bonchev–Trinajstić information content (AvgIpc) is 2.11. The molecule has 0 radical (unpaired) electrons. The first kappa shape index (κ1) is 10.4. The van der Waals surface area contributed by atoms with Crippen LogP contribution in [-0.2, 0) is 14.3 Å². The van der Waals surface area contributed by atoms with Gasteiger partial charge in [0.1, 0.15) is 12.4 Å². The van der Waals surface area contributed by atoms with Crippen LogP contribution >= 0.6 is 0 Å². The molecule has 0 spiro atoms. The second-order valence-corrected chi connectivity index (χ2v) is 2.18. The molecule has 0 saturated heterocycles. The molecule has 0 aliphatic heterocycles. The van der Waals surface area contributed by atoms with E-state index in [1.165, 1.54) is 0 Å². The summed E-state index contributed by atoms with van der Waals surface area (Å²) in [5, 5.41) is 3.20. The summed E-state index contributed by atoms with van der Waals surface area (Å²) in [4.78, 5) is 22.7. The Kier molecular flexibility index (Phi) is 5.38. The molecule has 0 aromatic rings. The quantitative estimate of drug-likeness (QED) is 0.254. The van der Waals surface area contributed by atoms with Crippen molar-refractivity contribution in [1.82, 2.24) is 0 Å². The van der Waals surface area contributed by atoms with Gasteiger partial charge in [-0.05, 0) is 5.53 Å². The number of hydrogen-bond acceptors (Lipinski definition) is 4. The SMILES string of the molecule is C[C@@H](C=O)[C@@H](CN=[N+]=[N-])OC=O. The summed E-state index contributed by atoms with van der Waals surface area (Å²) in [6, 6.07) is 0. The fourth-order valence-corrected chi connectivity index (χ4v) is 0.609. The van der Waals surface area contributed by atoms with E-state index in [9.17, 15) is 9.59 Å². The lowest BCUT2D eigenvalue weighted by molar-refractivity contribution is -0.136. The number of nitrogens with zero attached hydrogens (tertiary/aromatic N) is 3. The summed E-state index contributed by atoms with van der Waals surface area (Å²) < 4.78 is 4.52. The third kappa shape index (κ3) is 3.58. The minimum atomic E-state index is -0.657. The lowest BCUT2D eigenvalue weighted by Crippen LogP contribution is -2.25. The lowest BCUT2D eigenvalue weighted by Gasteiger charge is -2.14. The first-order chi connectivity index (χ1) is 5.76. The van der Waals surface area contributed by atoms with Crippen LogP contribution in [0.25, 0.3) is 10.4 Å². The van der Waals surface area contributed by atoms with Gasteiger partial charge in [0, 0.05) is 10.8 Å². The van der Waals surface area contributed by atoms with Crippen molar-refractivity contribution in [3.63, 3.8) is 0 Å². The van der Waals surface area contributed by atoms with Crippen LogP contribution in [0.15, 0.2) is 5.11 Å². The van der Waals surface area contributed by atoms with Gasteiger partial charge in [-0.2, -0.15) is 0 Å². The third-order valence-corrected chi connectivity index (χ3v) is 1.36. The highest BCUT2D eigenvalue weighted by molar-refractivity contribution is 5.54. The summed E-state index contributed by atoms with van der Waals surface area (Å²) in [5.74, 6) is -0.458. The van der Waals surface area contributed by atoms with Crippen molar-refractivity contribution < 1.29 is 14.3 Å². The summed E-state index contributed by atoms with van der Waals surface area (Å²) in [6.45, 7) is 1.79. The van der Waals surface area contributed by atoms with Crippen LogP contribution < -0.4 is 0 Å². The van der Waals surface area contributed by atoms with Crippen molar-refractivity contribution in [2.45, 2.75) is 13.0 Å². The van der Waals surface area contributed by atoms with E-state index >= 15 is 0 Å². The van der Waals surface area contributed by atoms with E-state index in [-0.39, 0.29) is 13.0 Å². The van der Waals surface area contributed by atoms with Gasteiger partial charge in [0.05, 0.1) is 6.54 Å². The second-order valence-electron chi connectivity index (χ2n) is 2.18. The molecule has 0 saturated carbocycles. The number of carbonyl (C=O) groups is 2. The number of ether oxygens (including phenoxy) is 1. The number of rotatable bonds is 6. The summed E-state index contributed by atoms with van der Waals surface area (Å²) in [6.07, 6.45) is -0.0166. The zero-order chi connectivity index (χ0) is 9.40. The molecule has 0 bridgehead atoms. The van der Waals surface area contributed by atoms with E-state index in [0.29, 0.717) is 6.29 Å². The molecular weight excluding hydrogens is 162 g/mol. The zero-order valence-electron chi connectivity index (χ0n) is 6.58. The Labute approximate surface area is 69.1 Å². The number of azide groups is 1. The maximum atomic E-state index is 10.3. The van der Waals surface area contributed by atoms with Gasteiger partial charge in [-0.25, -0.2) is 0 Å². The van der Waals surface area contributed by atoms with Gasteiger partial charge in [-0.3, -0.25) is 4.79 Å². The van der Waals surface area contributed by atoms with Crippen LogP contribution in [0.1, 0.15) is 6.92 Å². The van der Waals surface area contributed by atoms with E-state index in [4.69, 9.17) is 5.53 Å². The molecule has 12 heavy (non-hydrogen) atoms. The molecule has 0 aromatic heterocycles. The van der Waals surface area contributed by atoms with Gasteiger partial charge in [-0.1, -0.05) is 12.0 Å². The van der Waals surface area contributed by atoms with Crippen molar-refractivity contribution in [3.8, 4) is 0 Å². The maximum absolute atomic E-state index is 10.3. The molecule has 2 atom stereocenters. The highest BCUT2D eigenvalue weighted by Crippen LogP contribution is 2.04. The molecule has 0 N–H and O–H groups in total. The van der Waals surface area contributed by atoms with Crippen LogP contribution in [0.3, 0.4) is 0 Å². The normalized spacial score (nSPS) is 13.8. The molecule has 0 aliphatic rings. The molecule has 0 unspecified atom stereocenters. The van der Waals surface area contributed by atoms with Crippen molar-refractivity contribution >= 4 is 12.8 Å². The Morgan fingerprint density at radius 1 is 1.67 bits per heavy atom. The van der Waals surface area contributed by atoms with Gasteiger partial charge >= 0.3 is 0 Å². The Hall–Kier alpha value is -1.55. The van der Waals surface area contributed by atoms with Crippen molar-refractivity contribution in [1.29, 1.82) is 0 Å². The molecule has 6 heteroatoms. The van der Waals surface area contributed by atoms with Crippen molar-refractivity contribution in [3.05, 3.63) is 10.4 Å². The van der Waals surface area contributed by atoms with Crippen LogP contribution in [0.4, 0.5) is 0 Å². The zero-order valence-corrected chi connectivity index (χ0v) is 6.58. The van der Waals surface area contributed by atoms with Crippen molar-refractivity contribution in [2.75, 3.05) is 6.54 Å². The van der Waals surface area contributed by atoms with Gasteiger partial charge in [0.15, 0.2) is 0 Å². The standard InChI is InChI=1S/C6H9N3O3/c1-5(3-10)6(12-4-11)2-8-9-7/h3-6H,2H2,1H3/t5-,6+/m0/s1. The lowest BCUT2D eigenvalue weighted by atomic mass is 10.1. The molecule has 0 heterocycles. The fraction of sp³-hybridized carbons (Fsp3) is 0.667. The molecule has 0 amide bonds. The summed E-state index contributed by atoms with van der Waals surface area (Å²) >= 11 is 0. The average molecular weight is 171 g/mol. The Morgan fingerprint density at radius 3 is 2.75 bits per heavy atom. The molecule has 0 aromatic carbocycles. The molecular formula is C6H9N3O3. The monoisotopic (exact) mass is 171 g/mol. The van der Waals surface area contributed by atoms with E-state index in [1.54, 1.807) is 6.92 Å². The van der Waals surface area contributed by atoms with Crippen LogP contribution in [0, 0.1) is 5.92 Å². The highest BCUT2D eigenvalue weighted by Gasteiger charge is 2.16. The Morgan fingerprint density at radius 2 is 2.33 bits per heavy atom. The van der Waals surface area contributed by atoms with Gasteiger partial charge in [-0.15, -0.1) is 0 Å². The minimum absolute atomic E-state index is 0.0187. The predicted octanol–water partition coefficient (Wildman–Crippen LogP) is 0.673. The molecule has 0 rings (SSSR count). The minimum Gasteiger partial charge on any atom is -0.464 e. The molecule has 66 valence electrons. The van der Waals surface area contributed by atoms with Gasteiger partial charge in [0.2, 0.25) is 0 Å². The summed E-state index contributed by atoms with van der Waals surface area (Å²) in [7, 11) is 0. The van der Waals surface area contributed by atoms with E-state index in [2.05, 4.69) is 14.8 Å². The van der Waals surface area contributed by atoms with E-state index < -0.39 is 12.0 Å². The highest BCUT2D eigenvalue weighted by atomic mass is 16.5. The number of aldehydes is 1. The van der Waals surface area contributed by atoms with Crippen LogP contribution in [-0.4, -0.2) is 25.4 Å². The molecule has 0 fully saturated rings. The number of carbonyl (C=O) groups excluding carboxylic acids is 2. The Balaban J connectivity index is 4.09. The Bertz CT molecular complexity index is 200. The molecule has 6 nitrogen and oxygen atoms in total. The second kappa shape index (κ2) is 6.18. The number of hydrogen-bond donors (Lipinski definition) is 0. The first-order valence-electron chi connectivity index (χ1n) is 3.31. The van der Waals surface area contributed by atoms with E-state index in [0.717, 1.165) is 0 Å². The molecule has 0 aliphatic carbocycles. The van der Waals surface area contributed by atoms with Crippen LogP contribution in [0.2, 0.25) is 0 Å². The largest absolute Gasteiger partial charge is 0.464 e. The smallest absolute Gasteiger partial charge is 0.293 e. The van der Waals surface area contributed by atoms with Gasteiger partial charge in [0.25, 0.3) is 6.47 Å². The maximum Gasteiger partial charge on any atom is 0.293 e. The van der Waals surface area contributed by atoms with Gasteiger partial charge < -0.3 is 9.53 Å². The predicted molar refractivity (Wildman–Crippen MR) is 40.2 cm³/mol. The fourth-order valence-electron chi connectivity index (χ4n) is 0.609. The van der Waals surface area contributed by atoms with Crippen LogP contribution in [0.5, 0.6) is 0 Å². The van der Waals surface area contributed by atoms with Crippen molar-refractivity contribution in [2.24, 2.45) is 11.0 Å². The third-order valence-electron chi connectivity index (χ3n) is 1.36. The topological polar surface area (TPSA) is 92.1 Å². The summed E-state index contributed by atoms with van der Waals surface area (Å²) in [5.41, 5.74) is 7.96. The first-order valence-corrected chi connectivity index (χ1v) is 3.31. The van der Waals surface area contributed by atoms with E-state index in [1.807, 2.05) is 0 Å².